The summed E-state index contributed by atoms with van der Waals surface area (Å²) in [5.41, 5.74) is -0.771. The number of carbonyl (C=O) groups excluding carboxylic acids is 1. The molecule has 4 nitrogen and oxygen atoms in total. The number of nitriles is 1. The van der Waals surface area contributed by atoms with E-state index in [1.807, 2.05) is 27.7 Å². The van der Waals surface area contributed by atoms with E-state index in [0.29, 0.717) is 13.0 Å². The summed E-state index contributed by atoms with van der Waals surface area (Å²) < 4.78 is 10.9. The molecule has 96 valence electrons. The molecule has 1 aliphatic heterocycles. The largest absolute Gasteiger partial charge is 0.465 e. The van der Waals surface area contributed by atoms with Crippen LogP contribution < -0.4 is 0 Å². The van der Waals surface area contributed by atoms with Crippen LogP contribution in [0.3, 0.4) is 0 Å². The second kappa shape index (κ2) is 4.66. The van der Waals surface area contributed by atoms with Crippen molar-refractivity contribution in [1.29, 1.82) is 5.26 Å². The van der Waals surface area contributed by atoms with E-state index >= 15 is 0 Å². The summed E-state index contributed by atoms with van der Waals surface area (Å²) in [5.74, 6) is -1.30. The highest BCUT2D eigenvalue weighted by Crippen LogP contribution is 2.45. The second-order valence-corrected chi connectivity index (χ2v) is 5.63. The molecule has 2 atom stereocenters. The molecule has 2 unspecified atom stereocenters. The Bertz CT molecular complexity index is 341. The van der Waals surface area contributed by atoms with Gasteiger partial charge in [0.1, 0.15) is 5.92 Å². The van der Waals surface area contributed by atoms with E-state index in [1.54, 1.807) is 6.92 Å². The van der Waals surface area contributed by atoms with Gasteiger partial charge < -0.3 is 9.47 Å². The Balaban J connectivity index is 2.91. The number of esters is 1. The van der Waals surface area contributed by atoms with E-state index < -0.39 is 17.5 Å². The molecule has 0 N–H and O–H groups in total. The van der Waals surface area contributed by atoms with Crippen molar-refractivity contribution >= 4 is 5.97 Å². The molecule has 17 heavy (non-hydrogen) atoms. The fourth-order valence-corrected chi connectivity index (χ4v) is 2.66. The third-order valence-electron chi connectivity index (χ3n) is 3.23. The highest BCUT2D eigenvalue weighted by atomic mass is 16.5. The van der Waals surface area contributed by atoms with Gasteiger partial charge in [-0.25, -0.2) is 0 Å². The van der Waals surface area contributed by atoms with E-state index in [4.69, 9.17) is 9.47 Å². The minimum Gasteiger partial charge on any atom is -0.465 e. The van der Waals surface area contributed by atoms with Crippen molar-refractivity contribution in [2.24, 2.45) is 11.8 Å². The first-order valence-corrected chi connectivity index (χ1v) is 6.00. The van der Waals surface area contributed by atoms with Crippen LogP contribution in [0.5, 0.6) is 0 Å². The maximum absolute atomic E-state index is 11.8. The summed E-state index contributed by atoms with van der Waals surface area (Å²) in [5, 5.41) is 9.18. The van der Waals surface area contributed by atoms with E-state index in [-0.39, 0.29) is 11.5 Å². The van der Waals surface area contributed by atoms with Crippen molar-refractivity contribution in [1.82, 2.24) is 0 Å². The van der Waals surface area contributed by atoms with Gasteiger partial charge in [0.2, 0.25) is 0 Å². The quantitative estimate of drug-likeness (QED) is 0.709. The molecule has 1 heterocycles. The highest BCUT2D eigenvalue weighted by Gasteiger charge is 2.51. The number of hydrogen-bond acceptors (Lipinski definition) is 4. The summed E-state index contributed by atoms with van der Waals surface area (Å²) in [7, 11) is 0. The first kappa shape index (κ1) is 14.0. The molecule has 0 saturated carbocycles. The average Bonchev–Trinajstić information content (AvgIpc) is 2.36. The van der Waals surface area contributed by atoms with Gasteiger partial charge in [-0.15, -0.1) is 0 Å². The van der Waals surface area contributed by atoms with Gasteiger partial charge in [-0.3, -0.25) is 4.79 Å². The summed E-state index contributed by atoms with van der Waals surface area (Å²) in [4.78, 5) is 11.8. The van der Waals surface area contributed by atoms with Crippen molar-refractivity contribution in [2.75, 3.05) is 6.61 Å². The van der Waals surface area contributed by atoms with Crippen LogP contribution in [0.25, 0.3) is 0 Å². The normalized spacial score (nSPS) is 27.2. The lowest BCUT2D eigenvalue weighted by molar-refractivity contribution is -0.150. The Morgan fingerprint density at radius 2 is 2.12 bits per heavy atom. The van der Waals surface area contributed by atoms with Gasteiger partial charge in [-0.2, -0.15) is 5.26 Å². The third kappa shape index (κ3) is 2.98. The van der Waals surface area contributed by atoms with Crippen molar-refractivity contribution in [3.8, 4) is 6.07 Å². The van der Waals surface area contributed by atoms with Crippen LogP contribution in [-0.4, -0.2) is 23.8 Å². The Morgan fingerprint density at radius 3 is 2.47 bits per heavy atom. The van der Waals surface area contributed by atoms with Crippen LogP contribution in [0.2, 0.25) is 0 Å². The fourth-order valence-electron chi connectivity index (χ4n) is 2.66. The summed E-state index contributed by atoms with van der Waals surface area (Å²) >= 11 is 0. The van der Waals surface area contributed by atoms with Gasteiger partial charge in [-0.05, 0) is 41.0 Å². The van der Waals surface area contributed by atoms with Crippen LogP contribution in [0.1, 0.15) is 41.0 Å². The molecule has 0 aromatic rings. The maximum Gasteiger partial charge on any atom is 0.323 e. The zero-order valence-corrected chi connectivity index (χ0v) is 11.2. The minimum absolute atomic E-state index is 0.124. The molecule has 0 spiro atoms. The smallest absolute Gasteiger partial charge is 0.323 e. The lowest BCUT2D eigenvalue weighted by atomic mass is 9.78. The van der Waals surface area contributed by atoms with Crippen molar-refractivity contribution in [2.45, 2.75) is 52.2 Å². The Hall–Kier alpha value is -1.08. The number of carbonyl (C=O) groups is 1. The van der Waals surface area contributed by atoms with Crippen molar-refractivity contribution in [3.05, 3.63) is 0 Å². The number of ether oxygens (including phenoxy) is 2. The van der Waals surface area contributed by atoms with Crippen LogP contribution in [0, 0.1) is 23.2 Å². The molecule has 0 aromatic carbocycles. The van der Waals surface area contributed by atoms with Gasteiger partial charge in [0.15, 0.2) is 0 Å². The van der Waals surface area contributed by atoms with Crippen LogP contribution >= 0.6 is 0 Å². The van der Waals surface area contributed by atoms with Crippen LogP contribution in [0.4, 0.5) is 0 Å². The van der Waals surface area contributed by atoms with Crippen LogP contribution in [0.15, 0.2) is 0 Å². The SMILES string of the molecule is CCOC(=O)C(C#N)C1CC(C)(C)OC1(C)C. The van der Waals surface area contributed by atoms with E-state index in [0.717, 1.165) is 0 Å². The monoisotopic (exact) mass is 239 g/mol. The van der Waals surface area contributed by atoms with E-state index in [1.165, 1.54) is 0 Å². The third-order valence-corrected chi connectivity index (χ3v) is 3.23. The summed E-state index contributed by atoms with van der Waals surface area (Å²) in [6.07, 6.45) is 0.692. The Kier molecular flexibility index (Phi) is 3.83. The fraction of sp³-hybridized carbons (Fsp3) is 0.846. The van der Waals surface area contributed by atoms with Gasteiger partial charge in [0.25, 0.3) is 0 Å². The molecule has 1 saturated heterocycles. The topological polar surface area (TPSA) is 59.3 Å². The molecular weight excluding hydrogens is 218 g/mol. The predicted molar refractivity (Wildman–Crippen MR) is 63.1 cm³/mol. The molecule has 4 heteroatoms. The molecule has 0 bridgehead atoms. The van der Waals surface area contributed by atoms with Gasteiger partial charge in [-0.1, -0.05) is 0 Å². The van der Waals surface area contributed by atoms with Gasteiger partial charge in [0, 0.05) is 5.92 Å². The first-order chi connectivity index (χ1) is 7.73. The molecular formula is C13H21NO3. The molecule has 0 aliphatic carbocycles. The molecule has 1 rings (SSSR count). The van der Waals surface area contributed by atoms with E-state index in [9.17, 15) is 10.1 Å². The predicted octanol–water partition coefficient (Wildman–Crippen LogP) is 2.28. The Morgan fingerprint density at radius 1 is 1.53 bits per heavy atom. The number of nitrogens with zero attached hydrogens (tertiary/aromatic N) is 1. The second-order valence-electron chi connectivity index (χ2n) is 5.63. The molecule has 0 amide bonds. The lowest BCUT2D eigenvalue weighted by Crippen LogP contribution is -2.37. The molecule has 1 aliphatic rings. The molecule has 0 radical (unpaired) electrons. The van der Waals surface area contributed by atoms with Gasteiger partial charge >= 0.3 is 5.97 Å². The zero-order valence-electron chi connectivity index (χ0n) is 11.2. The Labute approximate surface area is 103 Å². The van der Waals surface area contributed by atoms with Crippen LogP contribution in [-0.2, 0) is 14.3 Å². The van der Waals surface area contributed by atoms with Crippen molar-refractivity contribution < 1.29 is 14.3 Å². The highest BCUT2D eigenvalue weighted by molar-refractivity contribution is 5.75. The maximum atomic E-state index is 11.8. The number of rotatable bonds is 3. The zero-order chi connectivity index (χ0) is 13.3. The molecule has 0 aromatic heterocycles. The first-order valence-electron chi connectivity index (χ1n) is 6.00. The van der Waals surface area contributed by atoms with Crippen molar-refractivity contribution in [3.63, 3.8) is 0 Å². The van der Waals surface area contributed by atoms with Gasteiger partial charge in [0.05, 0.1) is 23.9 Å². The summed E-state index contributed by atoms with van der Waals surface area (Å²) in [6.45, 7) is 9.86. The lowest BCUT2D eigenvalue weighted by Gasteiger charge is -2.28. The average molecular weight is 239 g/mol. The standard InChI is InChI=1S/C13H21NO3/c1-6-16-11(15)9(8-14)10-7-12(2,3)17-13(10,4)5/h9-10H,6-7H2,1-5H3. The summed E-state index contributed by atoms with van der Waals surface area (Å²) in [6, 6.07) is 2.07. The minimum atomic E-state index is -0.744. The molecule has 1 fully saturated rings. The number of hydrogen-bond donors (Lipinski definition) is 0. The van der Waals surface area contributed by atoms with E-state index in [2.05, 4.69) is 6.07 Å².